The zero-order valence-corrected chi connectivity index (χ0v) is 30.4. The predicted molar refractivity (Wildman–Crippen MR) is 218 cm³/mol. The Bertz CT molecular complexity index is 3230. The Hall–Kier alpha value is -6.30. The summed E-state index contributed by atoms with van der Waals surface area (Å²) >= 11 is 13.7. The summed E-state index contributed by atoms with van der Waals surface area (Å²) in [7, 11) is -6.00. The van der Waals surface area contributed by atoms with E-state index < -0.39 is 14.2 Å². The number of halogens is 6. The van der Waals surface area contributed by atoms with E-state index >= 15 is 0 Å². The van der Waals surface area contributed by atoms with Crippen LogP contribution in [0.3, 0.4) is 0 Å². The number of rotatable bonds is 5. The minimum Gasteiger partial charge on any atom is -0.457 e. The van der Waals surface area contributed by atoms with Gasteiger partial charge in [-0.3, -0.25) is 4.57 Å². The summed E-state index contributed by atoms with van der Waals surface area (Å²) in [6.45, 7) is -2.33. The van der Waals surface area contributed by atoms with Crippen LogP contribution in [-0.4, -0.2) is 25.9 Å². The predicted octanol–water partition coefficient (Wildman–Crippen LogP) is 12.4. The van der Waals surface area contributed by atoms with Gasteiger partial charge in [0.25, 0.3) is 0 Å². The molecule has 13 heteroatoms. The molecule has 6 nitrogen and oxygen atoms in total. The van der Waals surface area contributed by atoms with E-state index in [4.69, 9.17) is 37.0 Å². The van der Waals surface area contributed by atoms with Gasteiger partial charge in [0.1, 0.15) is 23.0 Å². The van der Waals surface area contributed by atoms with Crippen LogP contribution in [-0.2, 0) is 6.98 Å². The topological polar surface area (TPSA) is 40.8 Å². The molecule has 0 fully saturated rings. The van der Waals surface area contributed by atoms with Crippen LogP contribution in [0, 0.1) is 0 Å². The van der Waals surface area contributed by atoms with Gasteiger partial charge in [-0.15, -0.1) is 0 Å². The molecule has 0 spiro atoms. The van der Waals surface area contributed by atoms with E-state index in [1.54, 1.807) is 6.33 Å². The van der Waals surface area contributed by atoms with Crippen LogP contribution in [0.4, 0.5) is 17.3 Å². The lowest BCUT2D eigenvalue weighted by Gasteiger charge is -2.13. The molecule has 56 heavy (non-hydrogen) atoms. The first-order valence-corrected chi connectivity index (χ1v) is 18.1. The minimum absolute atomic E-state index is 0.549. The number of nitrogens with zero attached hydrogens (tertiary/aromatic N) is 5. The first-order valence-electron chi connectivity index (χ1n) is 18.8. The van der Waals surface area contributed by atoms with E-state index in [2.05, 4.69) is 45.5 Å². The number of benzene rings is 6. The number of para-hydroxylation sites is 5. The third-order valence-corrected chi connectivity index (χ3v) is 10.2. The molecule has 0 bridgehead atoms. The summed E-state index contributed by atoms with van der Waals surface area (Å²) in [5.74, 6) is 1.96. The van der Waals surface area contributed by atoms with Crippen molar-refractivity contribution in [3.05, 3.63) is 162 Å². The van der Waals surface area contributed by atoms with E-state index in [0.29, 0.717) is 32.7 Å². The summed E-state index contributed by atoms with van der Waals surface area (Å²) in [5, 5.41) is 5.26. The van der Waals surface area contributed by atoms with Crippen molar-refractivity contribution in [1.82, 2.24) is 18.7 Å². The molecule has 4 heterocycles. The Balaban J connectivity index is 0.000000849. The molecule has 0 atom stereocenters. The largest absolute Gasteiger partial charge is 0.673 e. The zero-order valence-electron chi connectivity index (χ0n) is 31.9. The maximum absolute atomic E-state index is 9.75. The Morgan fingerprint density at radius 2 is 1.20 bits per heavy atom. The van der Waals surface area contributed by atoms with Gasteiger partial charge >= 0.3 is 7.25 Å². The number of imidazole rings is 1. The second-order valence-electron chi connectivity index (χ2n) is 13.0. The van der Waals surface area contributed by atoms with Gasteiger partial charge in [0.05, 0.1) is 48.9 Å². The van der Waals surface area contributed by atoms with Crippen molar-refractivity contribution in [2.45, 2.75) is 0 Å². The van der Waals surface area contributed by atoms with Crippen LogP contribution in [0.15, 0.2) is 152 Å². The lowest BCUT2D eigenvalue weighted by atomic mass is 10.1. The molecule has 0 saturated heterocycles. The molecule has 4 aromatic heterocycles. The van der Waals surface area contributed by atoms with Gasteiger partial charge in [-0.1, -0.05) is 83.9 Å². The van der Waals surface area contributed by atoms with Crippen LogP contribution >= 0.6 is 23.2 Å². The molecule has 0 aliphatic rings. The quantitative estimate of drug-likeness (QED) is 0.0990. The van der Waals surface area contributed by atoms with Crippen molar-refractivity contribution in [2.75, 3.05) is 0 Å². The molecular weight excluding hydrogens is 760 g/mol. The highest BCUT2D eigenvalue weighted by molar-refractivity contribution is 6.50. The second kappa shape index (κ2) is 13.8. The second-order valence-corrected chi connectivity index (χ2v) is 13.8. The minimum atomic E-state index is -6.00. The Morgan fingerprint density at radius 1 is 0.607 bits per heavy atom. The maximum atomic E-state index is 9.75. The van der Waals surface area contributed by atoms with Crippen molar-refractivity contribution in [3.63, 3.8) is 0 Å². The first kappa shape index (κ1) is 32.0. The first-order chi connectivity index (χ1) is 28.2. The van der Waals surface area contributed by atoms with Gasteiger partial charge in [0.15, 0.2) is 11.0 Å². The fraction of sp³-hybridized carbons (Fsp3) is 0.0233. The smallest absolute Gasteiger partial charge is 0.457 e. The fourth-order valence-corrected chi connectivity index (χ4v) is 7.90. The molecule has 0 radical (unpaired) electrons. The molecule has 276 valence electrons. The average Bonchev–Trinajstić information content (AvgIpc) is 3.86. The van der Waals surface area contributed by atoms with Crippen molar-refractivity contribution in [1.29, 1.82) is 0 Å². The molecule has 0 aliphatic heterocycles. The maximum Gasteiger partial charge on any atom is 0.673 e. The summed E-state index contributed by atoms with van der Waals surface area (Å²) < 4.78 is 77.2. The molecule has 6 aromatic carbocycles. The van der Waals surface area contributed by atoms with E-state index in [1.165, 1.54) is 4.57 Å². The van der Waals surface area contributed by atoms with Crippen molar-refractivity contribution in [2.24, 2.45) is 6.98 Å². The highest BCUT2D eigenvalue weighted by Gasteiger charge is 2.22. The zero-order chi connectivity index (χ0) is 41.2. The Labute approximate surface area is 331 Å². The van der Waals surface area contributed by atoms with Crippen LogP contribution in [0.1, 0.15) is 4.11 Å². The fourth-order valence-electron chi connectivity index (χ4n) is 7.33. The number of hydrogen-bond acceptors (Lipinski definition) is 2. The van der Waals surface area contributed by atoms with Gasteiger partial charge in [-0.05, 0) is 60.7 Å². The number of hydrogen-bond donors (Lipinski definition) is 0. The molecule has 0 saturated carbocycles. The highest BCUT2D eigenvalue weighted by Crippen LogP contribution is 2.40. The Morgan fingerprint density at radius 3 is 1.93 bits per heavy atom. The average molecular weight is 791 g/mol. The molecule has 0 aliphatic carbocycles. The lowest BCUT2D eigenvalue weighted by molar-refractivity contribution is -0.645. The van der Waals surface area contributed by atoms with Gasteiger partial charge in [0.2, 0.25) is 6.33 Å². The standard InChI is InChI=1S/C43H28Cl2N5O.BF4/c1-47-26-48(39-19-7-6-18-38(39)47)27-10-8-11-28(22-27)51-29-20-21-32-30-12-2-4-16-36(30)49(40(32)23-29)42-24-41-33(25-46-42)31-13-3-5-17-37(31)50(41)43-34(44)14-9-15-35(43)45;2-1(3,4)5/h2-26H,1H3;/q+1;-1/i1D3;. The molecule has 0 unspecified atom stereocenters. The summed E-state index contributed by atoms with van der Waals surface area (Å²) in [4.78, 5) is 5.05. The summed E-state index contributed by atoms with van der Waals surface area (Å²) in [6.07, 6.45) is 3.53. The molecule has 10 rings (SSSR count). The molecule has 0 amide bonds. The summed E-state index contributed by atoms with van der Waals surface area (Å²) in [5.41, 5.74) is 6.69. The van der Waals surface area contributed by atoms with Crippen molar-refractivity contribution in [3.8, 4) is 28.7 Å². The number of ether oxygens (including phenoxy) is 1. The number of aryl methyl sites for hydroxylation is 1. The molecule has 10 aromatic rings. The van der Waals surface area contributed by atoms with Crippen LogP contribution in [0.25, 0.3) is 71.8 Å². The van der Waals surface area contributed by atoms with Gasteiger partial charge in [-0.25, -0.2) is 9.55 Å². The number of pyridine rings is 1. The van der Waals surface area contributed by atoms with Gasteiger partial charge < -0.3 is 26.6 Å². The number of aromatic nitrogens is 5. The van der Waals surface area contributed by atoms with E-state index in [0.717, 1.165) is 60.6 Å². The van der Waals surface area contributed by atoms with E-state index in [9.17, 15) is 17.3 Å². The molecular formula is C43H28BCl2F4N5O. The third kappa shape index (κ3) is 6.28. The van der Waals surface area contributed by atoms with Gasteiger partial charge in [-0.2, -0.15) is 4.57 Å². The van der Waals surface area contributed by atoms with Gasteiger partial charge in [0, 0.05) is 45.9 Å². The monoisotopic (exact) mass is 790 g/mol. The van der Waals surface area contributed by atoms with Crippen LogP contribution in [0.5, 0.6) is 11.5 Å². The number of fused-ring (bicyclic) bond motifs is 7. The lowest BCUT2D eigenvalue weighted by Crippen LogP contribution is -2.25. The van der Waals surface area contributed by atoms with Crippen molar-refractivity contribution >= 4 is 85.1 Å². The van der Waals surface area contributed by atoms with E-state index in [1.807, 2.05) is 114 Å². The highest BCUT2D eigenvalue weighted by atomic mass is 35.5. The summed E-state index contributed by atoms with van der Waals surface area (Å²) in [6, 6.07) is 45.3. The SMILES string of the molecule is F[B-](F)(F)F.[2H]C([2H])([2H])[n+]1cn(-c2cccc(Oc3ccc4c5ccccc5n(-c5cc6c(cn5)c5ccccc5n6-c5c(Cl)cccc5Cl)c4c3)c2)c2ccccc21. The Kier molecular flexibility index (Phi) is 7.87. The third-order valence-electron chi connectivity index (χ3n) is 9.54. The van der Waals surface area contributed by atoms with Crippen molar-refractivity contribution < 1.29 is 30.7 Å². The van der Waals surface area contributed by atoms with Crippen LogP contribution in [0.2, 0.25) is 10.0 Å². The van der Waals surface area contributed by atoms with E-state index in [-0.39, 0.29) is 0 Å². The molecule has 0 N–H and O–H groups in total. The normalized spacial score (nSPS) is 12.9. The van der Waals surface area contributed by atoms with Crippen LogP contribution < -0.4 is 9.30 Å².